The van der Waals surface area contributed by atoms with Gasteiger partial charge in [-0.15, -0.1) is 0 Å². The van der Waals surface area contributed by atoms with Crippen LogP contribution in [0.3, 0.4) is 0 Å². The summed E-state index contributed by atoms with van der Waals surface area (Å²) in [6.07, 6.45) is 1.42. The molecule has 0 spiro atoms. The van der Waals surface area contributed by atoms with Gasteiger partial charge in [0.1, 0.15) is 0 Å². The minimum atomic E-state index is 0.0791. The molecule has 0 aromatic heterocycles. The lowest BCUT2D eigenvalue weighted by molar-refractivity contribution is -0.0152. The van der Waals surface area contributed by atoms with Crippen LogP contribution in [0.15, 0.2) is 28.7 Å². The van der Waals surface area contributed by atoms with E-state index in [2.05, 4.69) is 87.1 Å². The molecular formula is C18H30BrNO. The van der Waals surface area contributed by atoms with Gasteiger partial charge < -0.3 is 10.1 Å². The topological polar surface area (TPSA) is 21.3 Å². The number of hydrogen-bond donors (Lipinski definition) is 1. The van der Waals surface area contributed by atoms with Crippen molar-refractivity contribution in [3.63, 3.8) is 0 Å². The third-order valence-electron chi connectivity index (χ3n) is 3.24. The predicted octanol–water partition coefficient (Wildman–Crippen LogP) is 5.33. The van der Waals surface area contributed by atoms with Crippen LogP contribution in [0.2, 0.25) is 0 Å². The van der Waals surface area contributed by atoms with Gasteiger partial charge in [0, 0.05) is 16.6 Å². The average molecular weight is 356 g/mol. The largest absolute Gasteiger partial charge is 0.369 e. The van der Waals surface area contributed by atoms with E-state index in [1.54, 1.807) is 0 Å². The average Bonchev–Trinajstić information content (AvgIpc) is 2.32. The number of rotatable bonds is 7. The van der Waals surface area contributed by atoms with E-state index in [1.165, 1.54) is 5.56 Å². The van der Waals surface area contributed by atoms with E-state index in [-0.39, 0.29) is 17.7 Å². The summed E-state index contributed by atoms with van der Waals surface area (Å²) in [7, 11) is 0. The summed E-state index contributed by atoms with van der Waals surface area (Å²) in [5, 5.41) is 3.56. The van der Waals surface area contributed by atoms with E-state index in [1.807, 2.05) is 0 Å². The van der Waals surface area contributed by atoms with Crippen LogP contribution in [-0.2, 0) is 4.74 Å². The van der Waals surface area contributed by atoms with Crippen molar-refractivity contribution in [3.05, 3.63) is 34.3 Å². The van der Waals surface area contributed by atoms with Gasteiger partial charge in [0.05, 0.1) is 12.2 Å². The second-order valence-electron chi connectivity index (χ2n) is 7.25. The normalized spacial score (nSPS) is 15.2. The molecule has 1 N–H and O–H groups in total. The molecule has 0 amide bonds. The zero-order valence-corrected chi connectivity index (χ0v) is 15.8. The van der Waals surface area contributed by atoms with Crippen LogP contribution in [0.4, 0.5) is 0 Å². The van der Waals surface area contributed by atoms with Gasteiger partial charge in [-0.05, 0) is 57.7 Å². The third-order valence-corrected chi connectivity index (χ3v) is 3.73. The molecule has 0 aliphatic rings. The minimum absolute atomic E-state index is 0.0791. The molecule has 120 valence electrons. The fraction of sp³-hybridized carbons (Fsp3) is 0.667. The zero-order chi connectivity index (χ0) is 16.0. The molecule has 1 aromatic rings. The summed E-state index contributed by atoms with van der Waals surface area (Å²) in [4.78, 5) is 0. The maximum atomic E-state index is 6.31. The highest BCUT2D eigenvalue weighted by atomic mass is 79.9. The zero-order valence-electron chi connectivity index (χ0n) is 14.2. The van der Waals surface area contributed by atoms with Gasteiger partial charge in [0.25, 0.3) is 0 Å². The molecule has 0 aliphatic heterocycles. The van der Waals surface area contributed by atoms with Crippen molar-refractivity contribution >= 4 is 15.9 Å². The van der Waals surface area contributed by atoms with Gasteiger partial charge in [-0.1, -0.05) is 41.9 Å². The van der Waals surface area contributed by atoms with Crippen LogP contribution >= 0.6 is 15.9 Å². The second-order valence-corrected chi connectivity index (χ2v) is 8.17. The predicted molar refractivity (Wildman–Crippen MR) is 94.6 cm³/mol. The Hall–Kier alpha value is -0.380. The van der Waals surface area contributed by atoms with Gasteiger partial charge in [0.15, 0.2) is 0 Å². The fourth-order valence-electron chi connectivity index (χ4n) is 2.35. The van der Waals surface area contributed by atoms with E-state index in [0.717, 1.165) is 17.4 Å². The van der Waals surface area contributed by atoms with Crippen molar-refractivity contribution in [2.24, 2.45) is 5.92 Å². The second kappa shape index (κ2) is 8.30. The van der Waals surface area contributed by atoms with Gasteiger partial charge in [0.2, 0.25) is 0 Å². The Labute approximate surface area is 138 Å². The molecule has 1 aromatic carbocycles. The molecule has 1 rings (SSSR count). The van der Waals surface area contributed by atoms with Crippen molar-refractivity contribution in [1.29, 1.82) is 0 Å². The Balaban J connectivity index is 2.79. The van der Waals surface area contributed by atoms with Crippen molar-refractivity contribution in [3.8, 4) is 0 Å². The quantitative estimate of drug-likeness (QED) is 0.713. The Morgan fingerprint density at radius 2 is 1.86 bits per heavy atom. The molecule has 2 nitrogen and oxygen atoms in total. The molecule has 21 heavy (non-hydrogen) atoms. The van der Waals surface area contributed by atoms with Crippen LogP contribution in [-0.4, -0.2) is 18.2 Å². The van der Waals surface area contributed by atoms with Crippen molar-refractivity contribution in [2.75, 3.05) is 6.54 Å². The molecule has 0 aliphatic carbocycles. The van der Waals surface area contributed by atoms with Crippen LogP contribution in [0.1, 0.15) is 59.6 Å². The lowest BCUT2D eigenvalue weighted by Gasteiger charge is -2.28. The number of benzene rings is 1. The number of nitrogens with one attached hydrogen (secondary N) is 1. The fourth-order valence-corrected chi connectivity index (χ4v) is 2.77. The first-order valence-electron chi connectivity index (χ1n) is 7.83. The maximum Gasteiger partial charge on any atom is 0.0953 e. The Bertz CT molecular complexity index is 425. The van der Waals surface area contributed by atoms with E-state index in [4.69, 9.17) is 4.74 Å². The van der Waals surface area contributed by atoms with E-state index < -0.39 is 0 Å². The lowest BCUT2D eigenvalue weighted by Crippen LogP contribution is -2.39. The monoisotopic (exact) mass is 355 g/mol. The van der Waals surface area contributed by atoms with Gasteiger partial charge in [-0.3, -0.25) is 0 Å². The standard InChI is InChI=1S/C18H30BrNO/c1-13(2)10-14(3)21-17(12-20-18(4,5)6)15-8-7-9-16(19)11-15/h7-9,11,13-14,17,20H,10,12H2,1-6H3. The Morgan fingerprint density at radius 1 is 1.19 bits per heavy atom. The van der Waals surface area contributed by atoms with Gasteiger partial charge in [-0.25, -0.2) is 0 Å². The number of ether oxygens (including phenoxy) is 1. The highest BCUT2D eigenvalue weighted by molar-refractivity contribution is 9.10. The third kappa shape index (κ3) is 7.98. The summed E-state index contributed by atoms with van der Waals surface area (Å²) in [5.74, 6) is 0.652. The smallest absolute Gasteiger partial charge is 0.0953 e. The highest BCUT2D eigenvalue weighted by Crippen LogP contribution is 2.24. The first kappa shape index (κ1) is 18.7. The van der Waals surface area contributed by atoms with Crippen LogP contribution in [0, 0.1) is 5.92 Å². The van der Waals surface area contributed by atoms with Crippen molar-refractivity contribution in [1.82, 2.24) is 5.32 Å². The maximum absolute atomic E-state index is 6.31. The van der Waals surface area contributed by atoms with E-state index >= 15 is 0 Å². The minimum Gasteiger partial charge on any atom is -0.369 e. The first-order chi connectivity index (χ1) is 9.67. The Morgan fingerprint density at radius 3 is 2.38 bits per heavy atom. The summed E-state index contributed by atoms with van der Waals surface area (Å²) in [6, 6.07) is 8.41. The molecule has 3 heteroatoms. The highest BCUT2D eigenvalue weighted by Gasteiger charge is 2.19. The van der Waals surface area contributed by atoms with Crippen molar-refractivity contribution < 1.29 is 4.74 Å². The number of hydrogen-bond acceptors (Lipinski definition) is 2. The molecule has 0 radical (unpaired) electrons. The Kier molecular flexibility index (Phi) is 7.38. The molecule has 0 saturated heterocycles. The summed E-state index contributed by atoms with van der Waals surface area (Å²) in [5.41, 5.74) is 1.31. The van der Waals surface area contributed by atoms with E-state index in [0.29, 0.717) is 5.92 Å². The molecule has 0 bridgehead atoms. The number of halogens is 1. The molecule has 0 fully saturated rings. The molecular weight excluding hydrogens is 326 g/mol. The van der Waals surface area contributed by atoms with Crippen LogP contribution < -0.4 is 5.32 Å². The lowest BCUT2D eigenvalue weighted by atomic mass is 10.0. The SMILES string of the molecule is CC(C)CC(C)OC(CNC(C)(C)C)c1cccc(Br)c1. The van der Waals surface area contributed by atoms with Gasteiger partial charge in [-0.2, -0.15) is 0 Å². The summed E-state index contributed by atoms with van der Waals surface area (Å²) in [6.45, 7) is 14.0. The van der Waals surface area contributed by atoms with Crippen molar-refractivity contribution in [2.45, 2.75) is 65.7 Å². The summed E-state index contributed by atoms with van der Waals surface area (Å²) >= 11 is 3.55. The van der Waals surface area contributed by atoms with Crippen LogP contribution in [0.5, 0.6) is 0 Å². The summed E-state index contributed by atoms with van der Waals surface area (Å²) < 4.78 is 7.41. The van der Waals surface area contributed by atoms with Gasteiger partial charge >= 0.3 is 0 Å². The first-order valence-corrected chi connectivity index (χ1v) is 8.62. The molecule has 0 saturated carbocycles. The van der Waals surface area contributed by atoms with Crippen LogP contribution in [0.25, 0.3) is 0 Å². The molecule has 0 heterocycles. The molecule has 2 unspecified atom stereocenters. The van der Waals surface area contributed by atoms with E-state index in [9.17, 15) is 0 Å². The molecule has 2 atom stereocenters.